The lowest BCUT2D eigenvalue weighted by Gasteiger charge is -2.17. The molecule has 0 aliphatic heterocycles. The third-order valence-electron chi connectivity index (χ3n) is 3.73. The van der Waals surface area contributed by atoms with Gasteiger partial charge in [-0.1, -0.05) is 18.2 Å². The summed E-state index contributed by atoms with van der Waals surface area (Å²) in [5.41, 5.74) is -1.17. The molecule has 0 aliphatic carbocycles. The van der Waals surface area contributed by atoms with Gasteiger partial charge in [-0.25, -0.2) is 4.39 Å². The zero-order valence-electron chi connectivity index (χ0n) is 15.0. The van der Waals surface area contributed by atoms with Crippen molar-refractivity contribution in [1.82, 2.24) is 0 Å². The number of esters is 1. The summed E-state index contributed by atoms with van der Waals surface area (Å²) in [5, 5.41) is 2.10. The zero-order valence-corrected chi connectivity index (χ0v) is 15.0. The van der Waals surface area contributed by atoms with Gasteiger partial charge in [0.25, 0.3) is 5.91 Å². The Hall–Kier alpha value is -3.10. The van der Waals surface area contributed by atoms with E-state index in [1.54, 1.807) is 0 Å². The van der Waals surface area contributed by atoms with Crippen molar-refractivity contribution in [3.63, 3.8) is 0 Å². The Morgan fingerprint density at radius 2 is 1.82 bits per heavy atom. The van der Waals surface area contributed by atoms with Crippen molar-refractivity contribution in [2.45, 2.75) is 25.6 Å². The van der Waals surface area contributed by atoms with Gasteiger partial charge >= 0.3 is 12.1 Å². The van der Waals surface area contributed by atoms with E-state index < -0.39 is 41.2 Å². The second-order valence-corrected chi connectivity index (χ2v) is 5.81. The van der Waals surface area contributed by atoms with Gasteiger partial charge in [0.1, 0.15) is 0 Å². The van der Waals surface area contributed by atoms with E-state index in [2.05, 4.69) is 5.32 Å². The molecule has 0 unspecified atom stereocenters. The van der Waals surface area contributed by atoms with Crippen LogP contribution < -0.4 is 10.1 Å². The molecule has 0 saturated heterocycles. The molecule has 5 nitrogen and oxygen atoms in total. The summed E-state index contributed by atoms with van der Waals surface area (Å²) in [5.74, 6) is -2.42. The first-order valence-corrected chi connectivity index (χ1v) is 8.10. The maximum atomic E-state index is 13.6. The molecule has 0 heterocycles. The van der Waals surface area contributed by atoms with Crippen LogP contribution in [0.25, 0.3) is 0 Å². The van der Waals surface area contributed by atoms with E-state index in [-0.39, 0.29) is 12.2 Å². The number of methoxy groups -OCH3 is 1. The molecule has 2 aromatic carbocycles. The van der Waals surface area contributed by atoms with Crippen molar-refractivity contribution >= 4 is 17.6 Å². The number of anilines is 1. The van der Waals surface area contributed by atoms with Crippen LogP contribution >= 0.6 is 0 Å². The molecule has 0 saturated carbocycles. The number of alkyl halides is 3. The van der Waals surface area contributed by atoms with Crippen molar-refractivity contribution in [1.29, 1.82) is 0 Å². The number of carbonyl (C=O) groups is 2. The highest BCUT2D eigenvalue weighted by molar-refractivity contribution is 5.95. The number of para-hydroxylation sites is 1. The molecule has 1 N–H and O–H groups in total. The highest BCUT2D eigenvalue weighted by Crippen LogP contribution is 2.34. The Labute approximate surface area is 158 Å². The molecule has 1 amide bonds. The highest BCUT2D eigenvalue weighted by Gasteiger charge is 2.34. The smallest absolute Gasteiger partial charge is 0.418 e. The average Bonchev–Trinajstić information content (AvgIpc) is 2.61. The normalized spacial score (nSPS) is 12.2. The number of amides is 1. The van der Waals surface area contributed by atoms with Crippen LogP contribution in [0, 0.1) is 5.82 Å². The lowest BCUT2D eigenvalue weighted by atomic mass is 10.1. The number of ether oxygens (including phenoxy) is 2. The minimum Gasteiger partial charge on any atom is -0.494 e. The van der Waals surface area contributed by atoms with E-state index in [1.807, 2.05) is 0 Å². The topological polar surface area (TPSA) is 64.6 Å². The van der Waals surface area contributed by atoms with Gasteiger partial charge in [-0.05, 0) is 36.8 Å². The minimum atomic E-state index is -4.65. The third kappa shape index (κ3) is 5.45. The molecule has 150 valence electrons. The Bertz CT molecular complexity index is 867. The fourth-order valence-corrected chi connectivity index (χ4v) is 2.35. The molecule has 1 atom stereocenters. The molecule has 0 fully saturated rings. The molecule has 0 aliphatic rings. The average molecular weight is 399 g/mol. The molecule has 0 radical (unpaired) electrons. The predicted molar refractivity (Wildman–Crippen MR) is 92.3 cm³/mol. The highest BCUT2D eigenvalue weighted by atomic mass is 19.4. The van der Waals surface area contributed by atoms with E-state index in [0.717, 1.165) is 18.2 Å². The fraction of sp³-hybridized carbons (Fsp3) is 0.263. The number of hydrogen-bond donors (Lipinski definition) is 1. The molecule has 28 heavy (non-hydrogen) atoms. The first-order chi connectivity index (χ1) is 13.1. The molecular weight excluding hydrogens is 382 g/mol. The third-order valence-corrected chi connectivity index (χ3v) is 3.73. The molecular formula is C19H17F4NO4. The maximum Gasteiger partial charge on any atom is 0.418 e. The summed E-state index contributed by atoms with van der Waals surface area (Å²) in [6.07, 6.45) is -6.32. The standard InChI is InChI=1S/C19H17F4NO4/c1-11(18(26)24-15-6-4-3-5-13(15)19(21,22)23)28-17(25)10-12-7-8-16(27-2)14(20)9-12/h3-9,11H,10H2,1-2H3,(H,24,26)/t11-/m1/s1. The van der Waals surface area contributed by atoms with E-state index in [4.69, 9.17) is 9.47 Å². The Kier molecular flexibility index (Phi) is 6.61. The summed E-state index contributed by atoms with van der Waals surface area (Å²) in [4.78, 5) is 24.0. The van der Waals surface area contributed by atoms with Crippen molar-refractivity contribution in [2.75, 3.05) is 12.4 Å². The molecule has 2 aromatic rings. The van der Waals surface area contributed by atoms with Gasteiger partial charge in [0.05, 0.1) is 24.8 Å². The lowest BCUT2D eigenvalue weighted by Crippen LogP contribution is -2.31. The van der Waals surface area contributed by atoms with Gasteiger partial charge in [-0.3, -0.25) is 9.59 Å². The molecule has 0 bridgehead atoms. The van der Waals surface area contributed by atoms with Crippen LogP contribution in [-0.4, -0.2) is 25.1 Å². The first kappa shape index (κ1) is 21.2. The van der Waals surface area contributed by atoms with Crippen molar-refractivity contribution in [3.8, 4) is 5.75 Å². The monoisotopic (exact) mass is 399 g/mol. The van der Waals surface area contributed by atoms with Crippen LogP contribution in [0.15, 0.2) is 42.5 Å². The summed E-state index contributed by atoms with van der Waals surface area (Å²) in [7, 11) is 1.30. The zero-order chi connectivity index (χ0) is 20.9. The molecule has 9 heteroatoms. The van der Waals surface area contributed by atoms with Crippen LogP contribution in [0.5, 0.6) is 5.75 Å². The van der Waals surface area contributed by atoms with E-state index in [1.165, 1.54) is 38.3 Å². The van der Waals surface area contributed by atoms with Crippen LogP contribution in [0.1, 0.15) is 18.1 Å². The Morgan fingerprint density at radius 3 is 2.43 bits per heavy atom. The molecule has 2 rings (SSSR count). The Balaban J connectivity index is 1.99. The molecule has 0 aromatic heterocycles. The number of hydrogen-bond acceptors (Lipinski definition) is 4. The van der Waals surface area contributed by atoms with E-state index in [0.29, 0.717) is 5.56 Å². The largest absolute Gasteiger partial charge is 0.494 e. The fourth-order valence-electron chi connectivity index (χ4n) is 2.35. The number of benzene rings is 2. The second-order valence-electron chi connectivity index (χ2n) is 5.81. The quantitative estimate of drug-likeness (QED) is 0.590. The van der Waals surface area contributed by atoms with Crippen LogP contribution in [0.3, 0.4) is 0 Å². The van der Waals surface area contributed by atoms with Crippen LogP contribution in [0.4, 0.5) is 23.2 Å². The minimum absolute atomic E-state index is 0.00759. The van der Waals surface area contributed by atoms with Crippen molar-refractivity contribution in [2.24, 2.45) is 0 Å². The summed E-state index contributed by atoms with van der Waals surface area (Å²) in [6.45, 7) is 1.22. The summed E-state index contributed by atoms with van der Waals surface area (Å²) < 4.78 is 62.2. The van der Waals surface area contributed by atoms with Crippen molar-refractivity contribution < 1.29 is 36.6 Å². The molecule has 0 spiro atoms. The van der Waals surface area contributed by atoms with Gasteiger partial charge in [-0.15, -0.1) is 0 Å². The summed E-state index contributed by atoms with van der Waals surface area (Å²) >= 11 is 0. The number of rotatable bonds is 6. The number of nitrogens with one attached hydrogen (secondary N) is 1. The van der Waals surface area contributed by atoms with Crippen LogP contribution in [0.2, 0.25) is 0 Å². The van der Waals surface area contributed by atoms with E-state index >= 15 is 0 Å². The predicted octanol–water partition coefficient (Wildman–Crippen LogP) is 3.97. The first-order valence-electron chi connectivity index (χ1n) is 8.10. The van der Waals surface area contributed by atoms with Gasteiger partial charge in [0, 0.05) is 0 Å². The van der Waals surface area contributed by atoms with Gasteiger partial charge in [0.15, 0.2) is 17.7 Å². The lowest BCUT2D eigenvalue weighted by molar-refractivity contribution is -0.152. The second kappa shape index (κ2) is 8.73. The SMILES string of the molecule is COc1ccc(CC(=O)O[C@H](C)C(=O)Nc2ccccc2C(F)(F)F)cc1F. The number of halogens is 4. The van der Waals surface area contributed by atoms with E-state index in [9.17, 15) is 27.2 Å². The number of carbonyl (C=O) groups excluding carboxylic acids is 2. The van der Waals surface area contributed by atoms with Crippen LogP contribution in [-0.2, 0) is 26.9 Å². The summed E-state index contributed by atoms with van der Waals surface area (Å²) in [6, 6.07) is 8.32. The van der Waals surface area contributed by atoms with Crippen molar-refractivity contribution in [3.05, 3.63) is 59.4 Å². The Morgan fingerprint density at radius 1 is 1.14 bits per heavy atom. The maximum absolute atomic E-state index is 13.6. The van der Waals surface area contributed by atoms with Gasteiger partial charge in [-0.2, -0.15) is 13.2 Å². The van der Waals surface area contributed by atoms with Gasteiger partial charge in [0.2, 0.25) is 0 Å². The van der Waals surface area contributed by atoms with Gasteiger partial charge < -0.3 is 14.8 Å².